The molecule has 0 saturated heterocycles. The fourth-order valence-corrected chi connectivity index (χ4v) is 6.04. The van der Waals surface area contributed by atoms with Crippen molar-refractivity contribution in [2.75, 3.05) is 19.4 Å². The van der Waals surface area contributed by atoms with Crippen LogP contribution in [0.4, 0.5) is 15.9 Å². The molecule has 1 amide bonds. The molecule has 2 aromatic carbocycles. The largest absolute Gasteiger partial charge is 0.392 e. The minimum atomic E-state index is -0.783. The third kappa shape index (κ3) is 5.49. The highest BCUT2D eigenvalue weighted by molar-refractivity contribution is 5.87. The van der Waals surface area contributed by atoms with E-state index in [9.17, 15) is 19.5 Å². The summed E-state index contributed by atoms with van der Waals surface area (Å²) >= 11 is 0. The number of carbonyl (C=O) groups excluding carboxylic acids is 1. The van der Waals surface area contributed by atoms with Gasteiger partial charge in [0.2, 0.25) is 5.91 Å². The Labute approximate surface area is 265 Å². The van der Waals surface area contributed by atoms with Crippen molar-refractivity contribution in [2.45, 2.75) is 44.6 Å². The Hall–Kier alpha value is -5.09. The van der Waals surface area contributed by atoms with Crippen molar-refractivity contribution in [3.05, 3.63) is 116 Å². The number of anilines is 2. The second kappa shape index (κ2) is 11.7. The number of aliphatic hydroxyl groups excluding tert-OH is 1. The fraction of sp³-hybridized carbons (Fsp3) is 0.278. The second-order valence-electron chi connectivity index (χ2n) is 12.6. The number of nitrogens with one attached hydrogen (secondary N) is 1. The Kier molecular flexibility index (Phi) is 7.85. The molecular weight excluding hydrogens is 585 g/mol. The Bertz CT molecular complexity index is 2110. The number of amides is 1. The zero-order valence-electron chi connectivity index (χ0n) is 26.5. The highest BCUT2D eigenvalue weighted by Gasteiger charge is 2.31. The van der Waals surface area contributed by atoms with Gasteiger partial charge in [0, 0.05) is 50.9 Å². The van der Waals surface area contributed by atoms with Gasteiger partial charge in [-0.1, -0.05) is 24.3 Å². The number of halogens is 1. The minimum absolute atomic E-state index is 0.00257. The molecule has 236 valence electrons. The van der Waals surface area contributed by atoms with Gasteiger partial charge in [0.15, 0.2) is 0 Å². The van der Waals surface area contributed by atoms with Crippen molar-refractivity contribution in [3.8, 4) is 16.8 Å². The first kappa shape index (κ1) is 30.9. The lowest BCUT2D eigenvalue weighted by molar-refractivity contribution is -0.133. The van der Waals surface area contributed by atoms with Crippen LogP contribution in [0.2, 0.25) is 0 Å². The van der Waals surface area contributed by atoms with E-state index in [2.05, 4.69) is 10.3 Å². The van der Waals surface area contributed by atoms with Crippen molar-refractivity contribution in [1.82, 2.24) is 19.0 Å². The molecule has 2 N–H and O–H groups in total. The van der Waals surface area contributed by atoms with E-state index in [1.807, 2.05) is 19.9 Å². The van der Waals surface area contributed by atoms with Crippen molar-refractivity contribution >= 4 is 28.2 Å². The molecule has 0 spiro atoms. The van der Waals surface area contributed by atoms with Gasteiger partial charge in [0.05, 0.1) is 23.1 Å². The molecule has 1 fully saturated rings. The van der Waals surface area contributed by atoms with E-state index in [0.717, 1.165) is 24.0 Å². The molecule has 3 aromatic heterocycles. The van der Waals surface area contributed by atoms with Crippen LogP contribution in [0.15, 0.2) is 82.8 Å². The SMILES string of the molecule is CN(C)C(=O)C(C)(C)c1ccc(Nc2cc(-c3cccc(-n4ccc5cc(C6CC6)cc(F)c5c4=O)c3CO)cn(C)c2=O)nc1. The topological polar surface area (TPSA) is 109 Å². The Balaban J connectivity index is 1.38. The number of fused-ring (bicyclic) bond motifs is 1. The number of likely N-dealkylation sites (N-methyl/N-ethyl adjacent to an activating group) is 1. The maximum Gasteiger partial charge on any atom is 0.274 e. The maximum absolute atomic E-state index is 15.2. The third-order valence-corrected chi connectivity index (χ3v) is 8.78. The van der Waals surface area contributed by atoms with Gasteiger partial charge in [0.1, 0.15) is 17.3 Å². The highest BCUT2D eigenvalue weighted by Crippen LogP contribution is 2.41. The summed E-state index contributed by atoms with van der Waals surface area (Å²) in [5.74, 6) is 0.152. The van der Waals surface area contributed by atoms with Crippen LogP contribution in [-0.2, 0) is 23.9 Å². The molecule has 3 heterocycles. The lowest BCUT2D eigenvalue weighted by atomic mass is 9.84. The van der Waals surface area contributed by atoms with Gasteiger partial charge < -0.3 is 19.9 Å². The van der Waals surface area contributed by atoms with E-state index in [1.165, 1.54) is 20.1 Å². The molecule has 0 aliphatic heterocycles. The van der Waals surface area contributed by atoms with Crippen LogP contribution in [0, 0.1) is 5.82 Å². The molecular formula is C36H36FN5O4. The molecule has 0 radical (unpaired) electrons. The summed E-state index contributed by atoms with van der Waals surface area (Å²) < 4.78 is 18.0. The number of hydrogen-bond donors (Lipinski definition) is 2. The summed E-state index contributed by atoms with van der Waals surface area (Å²) in [6.07, 6.45) is 6.92. The van der Waals surface area contributed by atoms with Crippen LogP contribution in [0.3, 0.4) is 0 Å². The smallest absolute Gasteiger partial charge is 0.274 e. The number of hydrogen-bond acceptors (Lipinski definition) is 6. The lowest BCUT2D eigenvalue weighted by Gasteiger charge is -2.27. The molecule has 1 saturated carbocycles. The average molecular weight is 622 g/mol. The summed E-state index contributed by atoms with van der Waals surface area (Å²) in [6.45, 7) is 3.26. The molecule has 0 atom stereocenters. The number of rotatable bonds is 8. The Morgan fingerprint density at radius 1 is 1.09 bits per heavy atom. The van der Waals surface area contributed by atoms with E-state index in [-0.39, 0.29) is 22.5 Å². The van der Waals surface area contributed by atoms with Crippen molar-refractivity contribution in [3.63, 3.8) is 0 Å². The van der Waals surface area contributed by atoms with Gasteiger partial charge >= 0.3 is 0 Å². The van der Waals surface area contributed by atoms with Crippen LogP contribution in [0.5, 0.6) is 0 Å². The standard InChI is InChI=1S/C36H36FN5O4/c1-36(2,35(46)40(3)4)25-11-12-31(38-18-25)39-29-17-24(19-41(5)33(29)44)26-7-6-8-30(27(26)20-43)42-14-13-22-15-23(21-9-10-21)16-28(37)32(22)34(42)45/h6-8,11-19,21,43H,9-10,20H2,1-5H3,(H,38,39). The predicted molar refractivity (Wildman–Crippen MR) is 177 cm³/mol. The molecule has 10 heteroatoms. The van der Waals surface area contributed by atoms with Crippen molar-refractivity contribution < 1.29 is 14.3 Å². The van der Waals surface area contributed by atoms with Crippen LogP contribution in [-0.4, -0.2) is 44.1 Å². The molecule has 6 rings (SSSR count). The van der Waals surface area contributed by atoms with Gasteiger partial charge in [-0.2, -0.15) is 0 Å². The number of aryl methyl sites for hydroxylation is 1. The van der Waals surface area contributed by atoms with E-state index >= 15 is 4.39 Å². The van der Waals surface area contributed by atoms with Crippen LogP contribution in [0.1, 0.15) is 49.3 Å². The summed E-state index contributed by atoms with van der Waals surface area (Å²) in [6, 6.07) is 15.5. The quantitative estimate of drug-likeness (QED) is 0.241. The van der Waals surface area contributed by atoms with Crippen LogP contribution < -0.4 is 16.4 Å². The van der Waals surface area contributed by atoms with Gasteiger partial charge in [-0.3, -0.25) is 19.0 Å². The van der Waals surface area contributed by atoms with E-state index in [4.69, 9.17) is 0 Å². The summed E-state index contributed by atoms with van der Waals surface area (Å²) in [7, 11) is 5.04. The molecule has 9 nitrogen and oxygen atoms in total. The normalized spacial score (nSPS) is 13.2. The molecule has 1 aliphatic rings. The average Bonchev–Trinajstić information content (AvgIpc) is 3.88. The number of carbonyl (C=O) groups is 1. The number of pyridine rings is 3. The molecule has 46 heavy (non-hydrogen) atoms. The summed E-state index contributed by atoms with van der Waals surface area (Å²) in [4.78, 5) is 45.5. The fourth-order valence-electron chi connectivity index (χ4n) is 6.04. The van der Waals surface area contributed by atoms with Crippen LogP contribution in [0.25, 0.3) is 27.6 Å². The van der Waals surface area contributed by atoms with Crippen molar-refractivity contribution in [2.24, 2.45) is 7.05 Å². The monoisotopic (exact) mass is 621 g/mol. The second-order valence-corrected chi connectivity index (χ2v) is 12.6. The Morgan fingerprint density at radius 3 is 2.50 bits per heavy atom. The maximum atomic E-state index is 15.2. The molecule has 0 unspecified atom stereocenters. The zero-order valence-corrected chi connectivity index (χ0v) is 26.5. The minimum Gasteiger partial charge on any atom is -0.392 e. The zero-order chi connectivity index (χ0) is 32.9. The lowest BCUT2D eigenvalue weighted by Crippen LogP contribution is -2.39. The van der Waals surface area contributed by atoms with E-state index in [1.54, 1.807) is 82.2 Å². The predicted octanol–water partition coefficient (Wildman–Crippen LogP) is 5.37. The number of aromatic nitrogens is 3. The number of nitrogens with zero attached hydrogens (tertiary/aromatic N) is 4. The first-order chi connectivity index (χ1) is 21.9. The number of benzene rings is 2. The summed E-state index contributed by atoms with van der Waals surface area (Å²) in [5.41, 5.74) is 2.35. The first-order valence-electron chi connectivity index (χ1n) is 15.1. The highest BCUT2D eigenvalue weighted by atomic mass is 19.1. The first-order valence-corrected chi connectivity index (χ1v) is 15.1. The number of aliphatic hydroxyl groups is 1. The Morgan fingerprint density at radius 2 is 1.85 bits per heavy atom. The van der Waals surface area contributed by atoms with Gasteiger partial charge in [0.25, 0.3) is 11.1 Å². The van der Waals surface area contributed by atoms with Gasteiger partial charge in [-0.05, 0) is 85.0 Å². The van der Waals surface area contributed by atoms with Crippen molar-refractivity contribution in [1.29, 1.82) is 0 Å². The van der Waals surface area contributed by atoms with Gasteiger partial charge in [-0.25, -0.2) is 9.37 Å². The molecule has 0 bridgehead atoms. The molecule has 1 aliphatic carbocycles. The molecule has 5 aromatic rings. The van der Waals surface area contributed by atoms with E-state index in [0.29, 0.717) is 39.5 Å². The van der Waals surface area contributed by atoms with Gasteiger partial charge in [-0.15, -0.1) is 0 Å². The summed E-state index contributed by atoms with van der Waals surface area (Å²) in [5, 5.41) is 14.2. The van der Waals surface area contributed by atoms with Crippen LogP contribution >= 0.6 is 0 Å². The van der Waals surface area contributed by atoms with E-state index < -0.39 is 23.4 Å². The third-order valence-electron chi connectivity index (χ3n) is 8.78.